The largest absolute Gasteiger partial charge is 0.481 e. The fourth-order valence-electron chi connectivity index (χ4n) is 4.87. The molecule has 32 heavy (non-hydrogen) atoms. The quantitative estimate of drug-likeness (QED) is 0.509. The summed E-state index contributed by atoms with van der Waals surface area (Å²) < 4.78 is 5.46. The van der Waals surface area contributed by atoms with E-state index in [0.29, 0.717) is 29.5 Å². The number of benzene rings is 2. The van der Waals surface area contributed by atoms with Crippen LogP contribution in [0, 0.1) is 5.41 Å². The average molecular weight is 478 g/mol. The number of ether oxygens (including phenoxy) is 1. The number of carbonyl (C=O) groups is 2. The van der Waals surface area contributed by atoms with Gasteiger partial charge in [-0.15, -0.1) is 0 Å². The van der Waals surface area contributed by atoms with Crippen molar-refractivity contribution in [3.8, 4) is 0 Å². The number of likely N-dealkylation sites (tertiary alicyclic amines) is 1. The molecule has 0 radical (unpaired) electrons. The highest BCUT2D eigenvalue weighted by Gasteiger charge is 2.52. The van der Waals surface area contributed by atoms with Crippen molar-refractivity contribution in [2.45, 2.75) is 51.1 Å². The van der Waals surface area contributed by atoms with Crippen LogP contribution in [0.25, 0.3) is 0 Å². The van der Waals surface area contributed by atoms with Crippen LogP contribution in [0.2, 0.25) is 10.0 Å². The number of hydrogen-bond donors (Lipinski definition) is 1. The Bertz CT molecular complexity index is 965. The van der Waals surface area contributed by atoms with Gasteiger partial charge in [0.15, 0.2) is 0 Å². The molecule has 0 aromatic heterocycles. The Kier molecular flexibility index (Phi) is 7.86. The molecule has 1 amide bonds. The van der Waals surface area contributed by atoms with Crippen molar-refractivity contribution in [1.82, 2.24) is 4.90 Å². The van der Waals surface area contributed by atoms with Crippen molar-refractivity contribution in [3.63, 3.8) is 0 Å². The zero-order valence-electron chi connectivity index (χ0n) is 18.6. The number of nitrogens with zero attached hydrogens (tertiary/aromatic N) is 1. The van der Waals surface area contributed by atoms with E-state index in [1.165, 1.54) is 0 Å². The SMILES string of the molecule is CC[C@@H](COC)N1C(=O)[C@@](C)(CC(=O)O)CC(c2cccc(Cl)c2)[C@H]1c1ccc(Cl)cc1. The number of carboxylic acids is 1. The van der Waals surface area contributed by atoms with Gasteiger partial charge in [-0.3, -0.25) is 9.59 Å². The van der Waals surface area contributed by atoms with Gasteiger partial charge in [0.25, 0.3) is 0 Å². The molecule has 1 saturated heterocycles. The Hall–Kier alpha value is -2.08. The second-order valence-electron chi connectivity index (χ2n) is 8.72. The maximum absolute atomic E-state index is 13.9. The summed E-state index contributed by atoms with van der Waals surface area (Å²) in [4.78, 5) is 27.5. The number of methoxy groups -OCH3 is 1. The number of aliphatic carboxylic acids is 1. The molecule has 0 bridgehead atoms. The number of carbonyl (C=O) groups excluding carboxylic acids is 1. The fraction of sp³-hybridized carbons (Fsp3) is 0.440. The minimum absolute atomic E-state index is 0.150. The first-order chi connectivity index (χ1) is 15.2. The van der Waals surface area contributed by atoms with Gasteiger partial charge >= 0.3 is 5.97 Å². The molecule has 1 N–H and O–H groups in total. The maximum Gasteiger partial charge on any atom is 0.304 e. The van der Waals surface area contributed by atoms with Crippen molar-refractivity contribution < 1.29 is 19.4 Å². The third kappa shape index (κ3) is 5.11. The highest BCUT2D eigenvalue weighted by molar-refractivity contribution is 6.30. The second kappa shape index (κ2) is 10.2. The van der Waals surface area contributed by atoms with Crippen molar-refractivity contribution in [2.75, 3.05) is 13.7 Å². The molecule has 1 heterocycles. The lowest BCUT2D eigenvalue weighted by molar-refractivity contribution is -0.162. The molecule has 3 rings (SSSR count). The van der Waals surface area contributed by atoms with Crippen molar-refractivity contribution >= 4 is 35.1 Å². The van der Waals surface area contributed by atoms with E-state index < -0.39 is 11.4 Å². The van der Waals surface area contributed by atoms with E-state index in [-0.39, 0.29) is 30.3 Å². The third-order valence-electron chi connectivity index (χ3n) is 6.36. The summed E-state index contributed by atoms with van der Waals surface area (Å²) in [5.41, 5.74) is 0.863. The van der Waals surface area contributed by atoms with Gasteiger partial charge in [-0.1, -0.05) is 61.3 Å². The predicted octanol–water partition coefficient (Wildman–Crippen LogP) is 5.96. The van der Waals surface area contributed by atoms with E-state index in [9.17, 15) is 14.7 Å². The van der Waals surface area contributed by atoms with E-state index in [4.69, 9.17) is 27.9 Å². The number of carboxylic acid groups (broad SMARTS) is 1. The van der Waals surface area contributed by atoms with Gasteiger partial charge in [-0.25, -0.2) is 0 Å². The molecule has 2 aromatic carbocycles. The molecule has 172 valence electrons. The summed E-state index contributed by atoms with van der Waals surface area (Å²) in [7, 11) is 1.61. The summed E-state index contributed by atoms with van der Waals surface area (Å²) in [5, 5.41) is 10.8. The number of hydrogen-bond acceptors (Lipinski definition) is 3. The molecule has 5 nitrogen and oxygen atoms in total. The van der Waals surface area contributed by atoms with Crippen LogP contribution in [0.5, 0.6) is 0 Å². The van der Waals surface area contributed by atoms with Gasteiger partial charge in [0.1, 0.15) is 0 Å². The zero-order chi connectivity index (χ0) is 23.5. The number of rotatable bonds is 8. The van der Waals surface area contributed by atoms with Gasteiger partial charge in [0.2, 0.25) is 5.91 Å². The number of piperidine rings is 1. The van der Waals surface area contributed by atoms with E-state index in [1.807, 2.05) is 60.4 Å². The summed E-state index contributed by atoms with van der Waals surface area (Å²) >= 11 is 12.5. The molecule has 7 heteroatoms. The second-order valence-corrected chi connectivity index (χ2v) is 9.60. The molecular weight excluding hydrogens is 449 g/mol. The normalized spacial score (nSPS) is 24.4. The molecule has 0 saturated carbocycles. The molecule has 0 aliphatic carbocycles. The standard InChI is InChI=1S/C25H29Cl2NO4/c1-4-20(15-32-3)28-23(16-8-10-18(26)11-9-16)21(17-6-5-7-19(27)12-17)13-25(2,24(28)31)14-22(29)30/h5-12,20-21,23H,4,13-15H2,1-3H3,(H,29,30)/t20-,21?,23+,25+/m0/s1. The van der Waals surface area contributed by atoms with Crippen LogP contribution >= 0.6 is 23.2 Å². The summed E-state index contributed by atoms with van der Waals surface area (Å²) in [6.07, 6.45) is 0.830. The Balaban J connectivity index is 2.22. The van der Waals surface area contributed by atoms with E-state index in [1.54, 1.807) is 14.0 Å². The Labute approximate surface area is 199 Å². The monoisotopic (exact) mass is 477 g/mol. The molecule has 0 spiro atoms. The van der Waals surface area contributed by atoms with Crippen LogP contribution in [-0.4, -0.2) is 41.6 Å². The molecule has 1 aliphatic rings. The summed E-state index contributed by atoms with van der Waals surface area (Å²) in [6.45, 7) is 4.12. The first-order valence-electron chi connectivity index (χ1n) is 10.7. The minimum atomic E-state index is -1.05. The van der Waals surface area contributed by atoms with Gasteiger partial charge in [-0.2, -0.15) is 0 Å². The molecule has 1 unspecified atom stereocenters. The smallest absolute Gasteiger partial charge is 0.304 e. The van der Waals surface area contributed by atoms with Crippen LogP contribution in [0.15, 0.2) is 48.5 Å². The predicted molar refractivity (Wildman–Crippen MR) is 126 cm³/mol. The van der Waals surface area contributed by atoms with Gasteiger partial charge in [0, 0.05) is 23.1 Å². The van der Waals surface area contributed by atoms with Crippen LogP contribution in [0.1, 0.15) is 56.2 Å². The van der Waals surface area contributed by atoms with Gasteiger partial charge < -0.3 is 14.7 Å². The van der Waals surface area contributed by atoms with Crippen LogP contribution in [0.3, 0.4) is 0 Å². The highest BCUT2D eigenvalue weighted by Crippen LogP contribution is 2.52. The van der Waals surface area contributed by atoms with E-state index >= 15 is 0 Å². The molecule has 1 aliphatic heterocycles. The fourth-order valence-corrected chi connectivity index (χ4v) is 5.19. The number of amides is 1. The molecule has 2 aromatic rings. The topological polar surface area (TPSA) is 66.8 Å². The Morgan fingerprint density at radius 1 is 1.19 bits per heavy atom. The molecular formula is C25H29Cl2NO4. The number of halogens is 2. The van der Waals surface area contributed by atoms with Gasteiger partial charge in [-0.05, 0) is 48.2 Å². The average Bonchev–Trinajstić information content (AvgIpc) is 2.74. The zero-order valence-corrected chi connectivity index (χ0v) is 20.1. The first kappa shape index (κ1) is 24.6. The van der Waals surface area contributed by atoms with Crippen molar-refractivity contribution in [1.29, 1.82) is 0 Å². The lowest BCUT2D eigenvalue weighted by Crippen LogP contribution is -2.57. The van der Waals surface area contributed by atoms with E-state index in [0.717, 1.165) is 11.1 Å². The Morgan fingerprint density at radius 3 is 2.44 bits per heavy atom. The first-order valence-corrected chi connectivity index (χ1v) is 11.5. The minimum Gasteiger partial charge on any atom is -0.481 e. The third-order valence-corrected chi connectivity index (χ3v) is 6.84. The van der Waals surface area contributed by atoms with Crippen LogP contribution < -0.4 is 0 Å². The van der Waals surface area contributed by atoms with Crippen LogP contribution in [0.4, 0.5) is 0 Å². The Morgan fingerprint density at radius 2 is 1.88 bits per heavy atom. The van der Waals surface area contributed by atoms with Crippen molar-refractivity contribution in [3.05, 3.63) is 69.7 Å². The van der Waals surface area contributed by atoms with E-state index in [2.05, 4.69) is 0 Å². The molecule has 1 fully saturated rings. The lowest BCUT2D eigenvalue weighted by Gasteiger charge is -2.51. The van der Waals surface area contributed by atoms with Gasteiger partial charge in [0.05, 0.1) is 30.5 Å². The summed E-state index contributed by atoms with van der Waals surface area (Å²) in [5.74, 6) is -1.31. The maximum atomic E-state index is 13.9. The highest BCUT2D eigenvalue weighted by atomic mass is 35.5. The summed E-state index contributed by atoms with van der Waals surface area (Å²) in [6, 6.07) is 14.6. The van der Waals surface area contributed by atoms with Crippen molar-refractivity contribution in [2.24, 2.45) is 5.41 Å². The van der Waals surface area contributed by atoms with Crippen LogP contribution in [-0.2, 0) is 14.3 Å². The lowest BCUT2D eigenvalue weighted by atomic mass is 9.67. The molecule has 4 atom stereocenters.